The third-order valence-electron chi connectivity index (χ3n) is 4.00. The second kappa shape index (κ2) is 5.35. The molecule has 18 heavy (non-hydrogen) atoms. The Balaban J connectivity index is 2.15. The summed E-state index contributed by atoms with van der Waals surface area (Å²) in [5.74, 6) is -0.632. The van der Waals surface area contributed by atoms with E-state index in [2.05, 4.69) is 12.2 Å². The van der Waals surface area contributed by atoms with Crippen molar-refractivity contribution in [3.8, 4) is 0 Å². The third kappa shape index (κ3) is 2.72. The van der Waals surface area contributed by atoms with Crippen molar-refractivity contribution in [2.24, 2.45) is 0 Å². The van der Waals surface area contributed by atoms with Crippen LogP contribution in [0.2, 0.25) is 0 Å². The van der Waals surface area contributed by atoms with E-state index in [1.807, 2.05) is 6.92 Å². The lowest BCUT2D eigenvalue weighted by molar-refractivity contribution is 0.428. The molecule has 1 aromatic carbocycles. The van der Waals surface area contributed by atoms with E-state index in [-0.39, 0.29) is 17.0 Å². The summed E-state index contributed by atoms with van der Waals surface area (Å²) in [4.78, 5) is 0. The maximum absolute atomic E-state index is 13.9. The number of hydrogen-bond acceptors (Lipinski definition) is 1. The number of nitrogens with one attached hydrogen (secondary N) is 1. The number of rotatable bonds is 4. The molecule has 2 rings (SSSR count). The minimum atomic E-state index is -0.349. The first-order valence-corrected chi connectivity index (χ1v) is 6.74. The highest BCUT2D eigenvalue weighted by molar-refractivity contribution is 5.29. The van der Waals surface area contributed by atoms with Crippen molar-refractivity contribution in [3.63, 3.8) is 0 Å². The van der Waals surface area contributed by atoms with Crippen LogP contribution in [0, 0.1) is 11.6 Å². The van der Waals surface area contributed by atoms with Crippen LogP contribution in [0.25, 0.3) is 0 Å². The molecular formula is C15H21F2N. The minimum absolute atomic E-state index is 0.239. The van der Waals surface area contributed by atoms with Gasteiger partial charge in [-0.25, -0.2) is 8.78 Å². The van der Waals surface area contributed by atoms with Gasteiger partial charge in [0.25, 0.3) is 0 Å². The molecule has 0 heterocycles. The molecule has 1 fully saturated rings. The second-order valence-electron chi connectivity index (χ2n) is 5.58. The van der Waals surface area contributed by atoms with Gasteiger partial charge < -0.3 is 5.32 Å². The highest BCUT2D eigenvalue weighted by Crippen LogP contribution is 2.42. The molecule has 0 radical (unpaired) electrons. The second-order valence-corrected chi connectivity index (χ2v) is 5.58. The predicted octanol–water partition coefficient (Wildman–Crippen LogP) is 3.77. The van der Waals surface area contributed by atoms with Gasteiger partial charge in [-0.15, -0.1) is 0 Å². The normalized spacial score (nSPS) is 27.7. The molecule has 3 heteroatoms. The van der Waals surface area contributed by atoms with Gasteiger partial charge in [-0.1, -0.05) is 13.8 Å². The van der Waals surface area contributed by atoms with Crippen LogP contribution in [-0.2, 0) is 5.41 Å². The highest BCUT2D eigenvalue weighted by atomic mass is 19.1. The van der Waals surface area contributed by atoms with Crippen molar-refractivity contribution in [1.82, 2.24) is 5.32 Å². The van der Waals surface area contributed by atoms with Crippen LogP contribution in [0.3, 0.4) is 0 Å². The standard InChI is InChI=1S/C15H21F2N/c1-3-8-18-12-6-7-15(2,10-12)13-9-11(16)4-5-14(13)17/h4-5,9,12,18H,3,6-8,10H2,1-2H3. The van der Waals surface area contributed by atoms with Crippen molar-refractivity contribution in [1.29, 1.82) is 0 Å². The summed E-state index contributed by atoms with van der Waals surface area (Å²) < 4.78 is 27.1. The third-order valence-corrected chi connectivity index (χ3v) is 4.00. The molecule has 1 aromatic rings. The van der Waals surface area contributed by atoms with Gasteiger partial charge in [0.1, 0.15) is 11.6 Å². The first kappa shape index (κ1) is 13.5. The summed E-state index contributed by atoms with van der Waals surface area (Å²) in [5, 5.41) is 3.47. The highest BCUT2D eigenvalue weighted by Gasteiger charge is 2.38. The molecule has 1 aliphatic rings. The average molecular weight is 253 g/mol. The SMILES string of the molecule is CCCNC1CCC(C)(c2cc(F)ccc2F)C1. The molecule has 2 unspecified atom stereocenters. The van der Waals surface area contributed by atoms with Gasteiger partial charge in [-0.05, 0) is 61.4 Å². The van der Waals surface area contributed by atoms with Crippen LogP contribution in [0.1, 0.15) is 45.1 Å². The molecule has 0 saturated heterocycles. The van der Waals surface area contributed by atoms with Crippen LogP contribution in [-0.4, -0.2) is 12.6 Å². The van der Waals surface area contributed by atoms with Gasteiger partial charge >= 0.3 is 0 Å². The topological polar surface area (TPSA) is 12.0 Å². The molecule has 0 bridgehead atoms. The Morgan fingerprint density at radius 1 is 1.39 bits per heavy atom. The average Bonchev–Trinajstić information content (AvgIpc) is 2.73. The van der Waals surface area contributed by atoms with Crippen LogP contribution >= 0.6 is 0 Å². The summed E-state index contributed by atoms with van der Waals surface area (Å²) in [6.07, 6.45) is 3.93. The van der Waals surface area contributed by atoms with Crippen molar-refractivity contribution in [2.75, 3.05) is 6.54 Å². The van der Waals surface area contributed by atoms with Crippen LogP contribution in [0.4, 0.5) is 8.78 Å². The van der Waals surface area contributed by atoms with E-state index in [4.69, 9.17) is 0 Å². The molecular weight excluding hydrogens is 232 g/mol. The number of benzene rings is 1. The molecule has 1 saturated carbocycles. The zero-order valence-corrected chi connectivity index (χ0v) is 11.1. The van der Waals surface area contributed by atoms with Gasteiger partial charge in [0.15, 0.2) is 0 Å². The molecule has 0 aliphatic heterocycles. The van der Waals surface area contributed by atoms with Gasteiger partial charge in [-0.3, -0.25) is 0 Å². The molecule has 0 spiro atoms. The van der Waals surface area contributed by atoms with Crippen molar-refractivity contribution < 1.29 is 8.78 Å². The van der Waals surface area contributed by atoms with E-state index in [1.54, 1.807) is 0 Å². The Morgan fingerprint density at radius 3 is 2.89 bits per heavy atom. The molecule has 1 aliphatic carbocycles. The smallest absolute Gasteiger partial charge is 0.127 e. The molecule has 1 N–H and O–H groups in total. The summed E-state index contributed by atoms with van der Waals surface area (Å²) in [7, 11) is 0. The first-order valence-electron chi connectivity index (χ1n) is 6.74. The first-order chi connectivity index (χ1) is 8.55. The van der Waals surface area contributed by atoms with E-state index in [9.17, 15) is 8.78 Å². The fourth-order valence-electron chi connectivity index (χ4n) is 2.97. The predicted molar refractivity (Wildman–Crippen MR) is 69.6 cm³/mol. The molecule has 100 valence electrons. The minimum Gasteiger partial charge on any atom is -0.314 e. The van der Waals surface area contributed by atoms with Crippen LogP contribution in [0.5, 0.6) is 0 Å². The summed E-state index contributed by atoms with van der Waals surface area (Å²) >= 11 is 0. The zero-order valence-electron chi connectivity index (χ0n) is 11.1. The maximum atomic E-state index is 13.9. The fourth-order valence-corrected chi connectivity index (χ4v) is 2.97. The lowest BCUT2D eigenvalue weighted by Crippen LogP contribution is -2.30. The van der Waals surface area contributed by atoms with Crippen molar-refractivity contribution >= 4 is 0 Å². The summed E-state index contributed by atoms with van der Waals surface area (Å²) in [6, 6.07) is 4.21. The fraction of sp³-hybridized carbons (Fsp3) is 0.600. The molecule has 1 nitrogen and oxygen atoms in total. The van der Waals surface area contributed by atoms with Gasteiger partial charge in [0, 0.05) is 6.04 Å². The van der Waals surface area contributed by atoms with Crippen LogP contribution < -0.4 is 5.32 Å². The van der Waals surface area contributed by atoms with E-state index in [0.717, 1.165) is 32.2 Å². The Hall–Kier alpha value is -0.960. The van der Waals surface area contributed by atoms with Crippen molar-refractivity contribution in [2.45, 2.75) is 51.0 Å². The van der Waals surface area contributed by atoms with E-state index in [0.29, 0.717) is 11.6 Å². The lowest BCUT2D eigenvalue weighted by Gasteiger charge is -2.25. The lowest BCUT2D eigenvalue weighted by atomic mass is 9.80. The molecule has 2 atom stereocenters. The van der Waals surface area contributed by atoms with Crippen molar-refractivity contribution in [3.05, 3.63) is 35.4 Å². The number of hydrogen-bond donors (Lipinski definition) is 1. The van der Waals surface area contributed by atoms with E-state index >= 15 is 0 Å². The van der Waals surface area contributed by atoms with E-state index in [1.165, 1.54) is 18.2 Å². The van der Waals surface area contributed by atoms with Crippen LogP contribution in [0.15, 0.2) is 18.2 Å². The van der Waals surface area contributed by atoms with E-state index < -0.39 is 0 Å². The Bertz CT molecular complexity index is 419. The summed E-state index contributed by atoms with van der Waals surface area (Å²) in [5.41, 5.74) is 0.292. The maximum Gasteiger partial charge on any atom is 0.127 e. The molecule has 0 aromatic heterocycles. The largest absolute Gasteiger partial charge is 0.314 e. The quantitative estimate of drug-likeness (QED) is 0.861. The van der Waals surface area contributed by atoms with Gasteiger partial charge in [-0.2, -0.15) is 0 Å². The van der Waals surface area contributed by atoms with Gasteiger partial charge in [0.05, 0.1) is 0 Å². The Kier molecular flexibility index (Phi) is 4.00. The van der Waals surface area contributed by atoms with Gasteiger partial charge in [0.2, 0.25) is 0 Å². The Morgan fingerprint density at radius 2 is 2.17 bits per heavy atom. The summed E-state index contributed by atoms with van der Waals surface area (Å²) in [6.45, 7) is 5.16. The molecule has 0 amide bonds. The zero-order chi connectivity index (χ0) is 13.2. The Labute approximate surface area is 108 Å². The monoisotopic (exact) mass is 253 g/mol. The number of halogens is 2.